The fraction of sp³-hybridized carbons (Fsp3) is 0.800. The summed E-state index contributed by atoms with van der Waals surface area (Å²) in [5.74, 6) is -1.39. The van der Waals surface area contributed by atoms with Crippen LogP contribution in [-0.4, -0.2) is 40.5 Å². The third kappa shape index (κ3) is 2.47. The Labute approximate surface area is 89.2 Å². The Kier molecular flexibility index (Phi) is 3.34. The minimum atomic E-state index is -0.849. The van der Waals surface area contributed by atoms with E-state index < -0.39 is 17.4 Å². The van der Waals surface area contributed by atoms with Gasteiger partial charge < -0.3 is 15.7 Å². The molecule has 0 saturated carbocycles. The summed E-state index contributed by atoms with van der Waals surface area (Å²) in [4.78, 5) is 23.9. The second-order valence-corrected chi connectivity index (χ2v) is 4.41. The molecule has 0 bridgehead atoms. The second-order valence-electron chi connectivity index (χ2n) is 4.41. The van der Waals surface area contributed by atoms with Crippen LogP contribution < -0.4 is 5.73 Å². The van der Waals surface area contributed by atoms with Crippen LogP contribution in [0.5, 0.6) is 0 Å². The smallest absolute Gasteiger partial charge is 0.310 e. The number of amides is 1. The van der Waals surface area contributed by atoms with Gasteiger partial charge in [0.2, 0.25) is 5.91 Å². The molecule has 0 radical (unpaired) electrons. The van der Waals surface area contributed by atoms with E-state index in [1.807, 2.05) is 6.92 Å². The van der Waals surface area contributed by atoms with Crippen molar-refractivity contribution in [2.75, 3.05) is 13.1 Å². The molecule has 3 N–H and O–H groups in total. The third-order valence-corrected chi connectivity index (χ3v) is 2.78. The van der Waals surface area contributed by atoms with Crippen LogP contribution in [0.1, 0.15) is 26.7 Å². The van der Waals surface area contributed by atoms with Crippen molar-refractivity contribution in [3.8, 4) is 0 Å². The maximum atomic E-state index is 11.8. The molecular weight excluding hydrogens is 196 g/mol. The Morgan fingerprint density at radius 1 is 1.53 bits per heavy atom. The SMILES string of the molecule is CCCC(C)(N)C(=O)N1CC(C(=O)O)C1. The molecule has 1 amide bonds. The van der Waals surface area contributed by atoms with Crippen molar-refractivity contribution in [2.45, 2.75) is 32.2 Å². The van der Waals surface area contributed by atoms with Gasteiger partial charge in [0, 0.05) is 13.1 Å². The van der Waals surface area contributed by atoms with Gasteiger partial charge in [0.15, 0.2) is 0 Å². The van der Waals surface area contributed by atoms with Gasteiger partial charge in [-0.3, -0.25) is 9.59 Å². The molecule has 0 spiro atoms. The van der Waals surface area contributed by atoms with E-state index in [1.165, 1.54) is 4.90 Å². The van der Waals surface area contributed by atoms with Crippen molar-refractivity contribution in [1.82, 2.24) is 4.90 Å². The predicted octanol–water partition coefficient (Wildman–Crippen LogP) is 0.0469. The summed E-state index contributed by atoms with van der Waals surface area (Å²) in [7, 11) is 0. The van der Waals surface area contributed by atoms with E-state index in [4.69, 9.17) is 10.8 Å². The molecule has 1 aliphatic rings. The van der Waals surface area contributed by atoms with Crippen LogP contribution in [-0.2, 0) is 9.59 Å². The maximum absolute atomic E-state index is 11.8. The van der Waals surface area contributed by atoms with Crippen LogP contribution in [0, 0.1) is 5.92 Å². The lowest BCUT2D eigenvalue weighted by Crippen LogP contribution is -2.61. The number of nitrogens with two attached hydrogens (primary N) is 1. The van der Waals surface area contributed by atoms with E-state index in [0.29, 0.717) is 19.5 Å². The number of carboxylic acid groups (broad SMARTS) is 1. The molecule has 0 aromatic heterocycles. The molecule has 0 aromatic rings. The number of nitrogens with zero attached hydrogens (tertiary/aromatic N) is 1. The summed E-state index contributed by atoms with van der Waals surface area (Å²) in [6.07, 6.45) is 1.47. The summed E-state index contributed by atoms with van der Waals surface area (Å²) in [6.45, 7) is 4.26. The van der Waals surface area contributed by atoms with Gasteiger partial charge in [-0.05, 0) is 13.3 Å². The van der Waals surface area contributed by atoms with Crippen LogP contribution >= 0.6 is 0 Å². The van der Waals surface area contributed by atoms with Crippen molar-refractivity contribution in [2.24, 2.45) is 11.7 Å². The average Bonchev–Trinajstić information content (AvgIpc) is 1.99. The van der Waals surface area contributed by atoms with Crippen molar-refractivity contribution in [1.29, 1.82) is 0 Å². The largest absolute Gasteiger partial charge is 0.481 e. The van der Waals surface area contributed by atoms with Gasteiger partial charge in [0.05, 0.1) is 11.5 Å². The Bertz CT molecular complexity index is 270. The quantitative estimate of drug-likeness (QED) is 0.692. The van der Waals surface area contributed by atoms with E-state index in [1.54, 1.807) is 6.92 Å². The zero-order chi connectivity index (χ0) is 11.6. The highest BCUT2D eigenvalue weighted by atomic mass is 16.4. The Morgan fingerprint density at radius 3 is 2.47 bits per heavy atom. The molecule has 5 heteroatoms. The standard InChI is InChI=1S/C10H18N2O3/c1-3-4-10(2,11)9(15)12-5-7(6-12)8(13)14/h7H,3-6,11H2,1-2H3,(H,13,14). The van der Waals surface area contributed by atoms with Gasteiger partial charge in [-0.25, -0.2) is 0 Å². The molecule has 86 valence electrons. The summed E-state index contributed by atoms with van der Waals surface area (Å²) in [6, 6.07) is 0. The number of likely N-dealkylation sites (tertiary alicyclic amines) is 1. The second kappa shape index (κ2) is 4.18. The van der Waals surface area contributed by atoms with Crippen LogP contribution in [0.15, 0.2) is 0 Å². The number of hydrogen-bond acceptors (Lipinski definition) is 3. The fourth-order valence-corrected chi connectivity index (χ4v) is 1.79. The maximum Gasteiger partial charge on any atom is 0.310 e. The Hall–Kier alpha value is -1.10. The Balaban J connectivity index is 2.47. The van der Waals surface area contributed by atoms with Crippen molar-refractivity contribution in [3.05, 3.63) is 0 Å². The zero-order valence-corrected chi connectivity index (χ0v) is 9.19. The minimum Gasteiger partial charge on any atom is -0.481 e. The fourth-order valence-electron chi connectivity index (χ4n) is 1.79. The molecule has 1 fully saturated rings. The molecule has 1 aliphatic heterocycles. The molecule has 1 heterocycles. The van der Waals surface area contributed by atoms with E-state index in [0.717, 1.165) is 6.42 Å². The topological polar surface area (TPSA) is 83.6 Å². The van der Waals surface area contributed by atoms with Gasteiger partial charge in [0.1, 0.15) is 0 Å². The first-order valence-corrected chi connectivity index (χ1v) is 5.19. The van der Waals surface area contributed by atoms with Gasteiger partial charge in [-0.1, -0.05) is 13.3 Å². The lowest BCUT2D eigenvalue weighted by atomic mass is 9.91. The van der Waals surface area contributed by atoms with Crippen LogP contribution in [0.2, 0.25) is 0 Å². The molecule has 1 rings (SSSR count). The van der Waals surface area contributed by atoms with Crippen LogP contribution in [0.25, 0.3) is 0 Å². The van der Waals surface area contributed by atoms with Gasteiger partial charge in [0.25, 0.3) is 0 Å². The van der Waals surface area contributed by atoms with Crippen molar-refractivity contribution in [3.63, 3.8) is 0 Å². The molecule has 1 atom stereocenters. The first-order valence-electron chi connectivity index (χ1n) is 5.19. The summed E-state index contributed by atoms with van der Waals surface area (Å²) >= 11 is 0. The lowest BCUT2D eigenvalue weighted by molar-refractivity contribution is -0.155. The third-order valence-electron chi connectivity index (χ3n) is 2.78. The molecule has 0 aromatic carbocycles. The van der Waals surface area contributed by atoms with Gasteiger partial charge >= 0.3 is 5.97 Å². The zero-order valence-electron chi connectivity index (χ0n) is 9.19. The molecule has 1 saturated heterocycles. The van der Waals surface area contributed by atoms with E-state index >= 15 is 0 Å². The lowest BCUT2D eigenvalue weighted by Gasteiger charge is -2.41. The number of rotatable bonds is 4. The van der Waals surface area contributed by atoms with E-state index in [2.05, 4.69) is 0 Å². The summed E-state index contributed by atoms with van der Waals surface area (Å²) in [5.41, 5.74) is 5.02. The first kappa shape index (κ1) is 12.0. The van der Waals surface area contributed by atoms with Crippen molar-refractivity contribution < 1.29 is 14.7 Å². The average molecular weight is 214 g/mol. The first-order chi connectivity index (χ1) is 6.88. The summed E-state index contributed by atoms with van der Waals surface area (Å²) in [5, 5.41) is 8.67. The number of carboxylic acids is 1. The number of hydrogen-bond donors (Lipinski definition) is 2. The highest BCUT2D eigenvalue weighted by Gasteiger charge is 2.41. The molecule has 15 heavy (non-hydrogen) atoms. The van der Waals surface area contributed by atoms with Crippen molar-refractivity contribution >= 4 is 11.9 Å². The monoisotopic (exact) mass is 214 g/mol. The minimum absolute atomic E-state index is 0.137. The number of carbonyl (C=O) groups excluding carboxylic acids is 1. The number of aliphatic carboxylic acids is 1. The van der Waals surface area contributed by atoms with E-state index in [9.17, 15) is 9.59 Å². The highest BCUT2D eigenvalue weighted by molar-refractivity contribution is 5.88. The molecule has 0 aliphatic carbocycles. The van der Waals surface area contributed by atoms with Gasteiger partial charge in [-0.2, -0.15) is 0 Å². The van der Waals surface area contributed by atoms with Crippen LogP contribution in [0.3, 0.4) is 0 Å². The van der Waals surface area contributed by atoms with E-state index in [-0.39, 0.29) is 5.91 Å². The Morgan fingerprint density at radius 2 is 2.07 bits per heavy atom. The normalized spacial score (nSPS) is 20.6. The molecule has 1 unspecified atom stereocenters. The predicted molar refractivity (Wildman–Crippen MR) is 55.2 cm³/mol. The molecular formula is C10H18N2O3. The van der Waals surface area contributed by atoms with Gasteiger partial charge in [-0.15, -0.1) is 0 Å². The highest BCUT2D eigenvalue weighted by Crippen LogP contribution is 2.21. The summed E-state index contributed by atoms with van der Waals surface area (Å²) < 4.78 is 0. The molecule has 5 nitrogen and oxygen atoms in total. The number of carbonyl (C=O) groups is 2. The van der Waals surface area contributed by atoms with Crippen LogP contribution in [0.4, 0.5) is 0 Å².